The molecule has 0 unspecified atom stereocenters. The van der Waals surface area contributed by atoms with E-state index in [-0.39, 0.29) is 43.3 Å². The first-order valence-corrected chi connectivity index (χ1v) is 14.1. The van der Waals surface area contributed by atoms with Gasteiger partial charge in [0.2, 0.25) is 11.8 Å². The van der Waals surface area contributed by atoms with Gasteiger partial charge in [0.15, 0.2) is 0 Å². The molecule has 3 atom stereocenters. The van der Waals surface area contributed by atoms with Crippen LogP contribution in [0.1, 0.15) is 68.6 Å². The van der Waals surface area contributed by atoms with Gasteiger partial charge in [-0.3, -0.25) is 14.4 Å². The zero-order valence-electron chi connectivity index (χ0n) is 22.5. The smallest absolute Gasteiger partial charge is 0.309 e. The minimum atomic E-state index is -0.639. The molecule has 0 radical (unpaired) electrons. The van der Waals surface area contributed by atoms with Gasteiger partial charge in [-0.1, -0.05) is 85.7 Å². The van der Waals surface area contributed by atoms with Crippen molar-refractivity contribution in [2.45, 2.75) is 69.4 Å². The van der Waals surface area contributed by atoms with Crippen LogP contribution < -0.4 is 10.6 Å². The number of carbonyl (C=O) groups excluding carboxylic acids is 3. The maximum Gasteiger partial charge on any atom is 0.309 e. The third kappa shape index (κ3) is 8.27. The van der Waals surface area contributed by atoms with Crippen LogP contribution in [0, 0.1) is 11.8 Å². The standard InChI is InChI=1S/C32H40N2O5/c35-23-32(18-10-11-19-32)34-29(36)21-26-16-8-3-9-17-27(20-24-12-4-1-5-13-24)31(38)39-28(22-33-30(26)37)25-14-6-2-7-15-25/h1-8,12-15,26-28,35H,9-11,16-23H2,(H,33,37)(H,34,36)/t26-,27-,28-/m1/s1. The highest BCUT2D eigenvalue weighted by Crippen LogP contribution is 2.30. The minimum Gasteiger partial charge on any atom is -0.455 e. The number of allylic oxidation sites excluding steroid dienone is 2. The molecule has 0 bridgehead atoms. The zero-order valence-corrected chi connectivity index (χ0v) is 22.5. The third-order valence-electron chi connectivity index (χ3n) is 7.89. The molecule has 0 spiro atoms. The monoisotopic (exact) mass is 532 g/mol. The molecule has 2 aromatic carbocycles. The molecule has 2 aliphatic rings. The lowest BCUT2D eigenvalue weighted by Crippen LogP contribution is -2.50. The van der Waals surface area contributed by atoms with Gasteiger partial charge in [0, 0.05) is 6.42 Å². The Bertz CT molecular complexity index is 1110. The van der Waals surface area contributed by atoms with Gasteiger partial charge in [0.25, 0.3) is 0 Å². The molecular formula is C32H40N2O5. The van der Waals surface area contributed by atoms with Crippen molar-refractivity contribution in [2.75, 3.05) is 13.2 Å². The van der Waals surface area contributed by atoms with Crippen molar-refractivity contribution in [3.63, 3.8) is 0 Å². The molecule has 1 saturated carbocycles. The van der Waals surface area contributed by atoms with E-state index >= 15 is 0 Å². The maximum atomic E-state index is 13.4. The third-order valence-corrected chi connectivity index (χ3v) is 7.89. The molecule has 208 valence electrons. The Balaban J connectivity index is 1.50. The van der Waals surface area contributed by atoms with E-state index in [4.69, 9.17) is 4.74 Å². The summed E-state index contributed by atoms with van der Waals surface area (Å²) in [5, 5.41) is 15.8. The molecule has 39 heavy (non-hydrogen) atoms. The Kier molecular flexibility index (Phi) is 10.3. The summed E-state index contributed by atoms with van der Waals surface area (Å²) in [6.07, 6.45) is 9.04. The summed E-state index contributed by atoms with van der Waals surface area (Å²) in [5.41, 5.74) is 1.30. The fourth-order valence-electron chi connectivity index (χ4n) is 5.57. The second kappa shape index (κ2) is 14.1. The van der Waals surface area contributed by atoms with Gasteiger partial charge in [-0.25, -0.2) is 0 Å². The number of aliphatic hydroxyl groups is 1. The zero-order chi connectivity index (χ0) is 27.5. The first-order valence-electron chi connectivity index (χ1n) is 14.1. The Labute approximate surface area is 231 Å². The van der Waals surface area contributed by atoms with E-state index in [0.717, 1.165) is 36.8 Å². The van der Waals surface area contributed by atoms with E-state index < -0.39 is 17.6 Å². The van der Waals surface area contributed by atoms with Crippen LogP contribution in [0.5, 0.6) is 0 Å². The fraction of sp³-hybridized carbons (Fsp3) is 0.469. The van der Waals surface area contributed by atoms with Crippen molar-refractivity contribution in [1.82, 2.24) is 10.6 Å². The summed E-state index contributed by atoms with van der Waals surface area (Å²) in [6, 6.07) is 19.3. The summed E-state index contributed by atoms with van der Waals surface area (Å²) in [7, 11) is 0. The first-order chi connectivity index (χ1) is 19.0. The average Bonchev–Trinajstić information content (AvgIpc) is 3.43. The van der Waals surface area contributed by atoms with Gasteiger partial charge in [0.1, 0.15) is 6.10 Å². The van der Waals surface area contributed by atoms with Crippen molar-refractivity contribution < 1.29 is 24.2 Å². The SMILES string of the molecule is O=C(C[C@H]1CC=CCC[C@H](Cc2ccccc2)C(=O)O[C@@H](c2ccccc2)CNC1=O)NC1(CO)CCCC1. The molecule has 2 amide bonds. The van der Waals surface area contributed by atoms with Gasteiger partial charge >= 0.3 is 5.97 Å². The number of ether oxygens (including phenoxy) is 1. The lowest BCUT2D eigenvalue weighted by atomic mass is 9.94. The molecule has 0 aromatic heterocycles. The van der Waals surface area contributed by atoms with Crippen LogP contribution in [0.4, 0.5) is 0 Å². The predicted octanol–water partition coefficient (Wildman–Crippen LogP) is 4.41. The lowest BCUT2D eigenvalue weighted by Gasteiger charge is -2.29. The van der Waals surface area contributed by atoms with E-state index in [1.807, 2.05) is 72.8 Å². The van der Waals surface area contributed by atoms with Gasteiger partial charge in [-0.05, 0) is 49.7 Å². The van der Waals surface area contributed by atoms with Crippen LogP contribution in [-0.4, -0.2) is 41.6 Å². The average molecular weight is 533 g/mol. The first kappa shape index (κ1) is 28.6. The predicted molar refractivity (Wildman–Crippen MR) is 149 cm³/mol. The largest absolute Gasteiger partial charge is 0.455 e. The second-order valence-electron chi connectivity index (χ2n) is 10.8. The molecule has 7 heteroatoms. The van der Waals surface area contributed by atoms with Crippen LogP contribution in [0.3, 0.4) is 0 Å². The minimum absolute atomic E-state index is 0.0321. The van der Waals surface area contributed by atoms with E-state index in [1.165, 1.54) is 0 Å². The van der Waals surface area contributed by atoms with Crippen LogP contribution in [0.15, 0.2) is 72.8 Å². The number of hydrogen-bond acceptors (Lipinski definition) is 5. The normalized spacial score (nSPS) is 24.0. The number of aliphatic hydroxyl groups excluding tert-OH is 1. The number of rotatable bonds is 7. The Morgan fingerprint density at radius 2 is 1.67 bits per heavy atom. The fourth-order valence-corrected chi connectivity index (χ4v) is 5.57. The summed E-state index contributed by atoms with van der Waals surface area (Å²) in [6.45, 7) is 0.0266. The topological polar surface area (TPSA) is 105 Å². The second-order valence-corrected chi connectivity index (χ2v) is 10.8. The van der Waals surface area contributed by atoms with Crippen LogP contribution in [-0.2, 0) is 25.5 Å². The van der Waals surface area contributed by atoms with Crippen molar-refractivity contribution >= 4 is 17.8 Å². The molecule has 1 aliphatic carbocycles. The van der Waals surface area contributed by atoms with Crippen LogP contribution in [0.2, 0.25) is 0 Å². The highest BCUT2D eigenvalue weighted by Gasteiger charge is 2.35. The Morgan fingerprint density at radius 3 is 2.36 bits per heavy atom. The molecule has 0 saturated heterocycles. The van der Waals surface area contributed by atoms with Crippen LogP contribution in [0.25, 0.3) is 0 Å². The van der Waals surface area contributed by atoms with Gasteiger partial charge < -0.3 is 20.5 Å². The quantitative estimate of drug-likeness (QED) is 0.362. The molecule has 1 fully saturated rings. The lowest BCUT2D eigenvalue weighted by molar-refractivity contribution is -0.155. The number of cyclic esters (lactones) is 1. The highest BCUT2D eigenvalue weighted by atomic mass is 16.5. The highest BCUT2D eigenvalue weighted by molar-refractivity contribution is 5.86. The number of nitrogens with one attached hydrogen (secondary N) is 2. The van der Waals surface area contributed by atoms with Gasteiger partial charge in [-0.2, -0.15) is 0 Å². The van der Waals surface area contributed by atoms with Crippen molar-refractivity contribution in [3.8, 4) is 0 Å². The number of carbonyl (C=O) groups is 3. The molecule has 1 aliphatic heterocycles. The van der Waals surface area contributed by atoms with E-state index in [1.54, 1.807) is 0 Å². The van der Waals surface area contributed by atoms with Gasteiger partial charge in [0.05, 0.1) is 30.5 Å². The molecule has 4 rings (SSSR count). The Morgan fingerprint density at radius 1 is 0.974 bits per heavy atom. The molecule has 7 nitrogen and oxygen atoms in total. The Hall–Kier alpha value is -3.45. The van der Waals surface area contributed by atoms with Crippen molar-refractivity contribution in [1.29, 1.82) is 0 Å². The number of hydrogen-bond donors (Lipinski definition) is 3. The summed E-state index contributed by atoms with van der Waals surface area (Å²) >= 11 is 0. The summed E-state index contributed by atoms with van der Waals surface area (Å²) in [5.74, 6) is -1.64. The molecule has 3 N–H and O–H groups in total. The molecule has 2 aromatic rings. The maximum absolute atomic E-state index is 13.4. The van der Waals surface area contributed by atoms with E-state index in [9.17, 15) is 19.5 Å². The molecule has 1 heterocycles. The molecular weight excluding hydrogens is 492 g/mol. The summed E-state index contributed by atoms with van der Waals surface area (Å²) in [4.78, 5) is 39.6. The van der Waals surface area contributed by atoms with Crippen molar-refractivity contribution in [3.05, 3.63) is 83.9 Å². The van der Waals surface area contributed by atoms with E-state index in [2.05, 4.69) is 10.6 Å². The number of amides is 2. The van der Waals surface area contributed by atoms with Crippen LogP contribution >= 0.6 is 0 Å². The van der Waals surface area contributed by atoms with Crippen molar-refractivity contribution in [2.24, 2.45) is 11.8 Å². The van der Waals surface area contributed by atoms with Gasteiger partial charge in [-0.15, -0.1) is 0 Å². The number of esters is 1. The van der Waals surface area contributed by atoms with E-state index in [0.29, 0.717) is 25.7 Å². The number of benzene rings is 2. The summed E-state index contributed by atoms with van der Waals surface area (Å²) < 4.78 is 6.03.